The molecular weight excluding hydrogens is 352 g/mol. The van der Waals surface area contributed by atoms with Crippen LogP contribution in [0.25, 0.3) is 0 Å². The lowest BCUT2D eigenvalue weighted by Gasteiger charge is -2.09. The molecule has 7 nitrogen and oxygen atoms in total. The molecule has 0 atom stereocenters. The molecule has 0 radical (unpaired) electrons. The first-order valence-corrected chi connectivity index (χ1v) is 9.00. The Bertz CT molecular complexity index is 862. The molecule has 7 heteroatoms. The quantitative estimate of drug-likeness (QED) is 0.125. The summed E-state index contributed by atoms with van der Waals surface area (Å²) in [6.45, 7) is 7.59. The van der Waals surface area contributed by atoms with Crippen LogP contribution < -0.4 is 16.8 Å². The van der Waals surface area contributed by atoms with E-state index in [0.29, 0.717) is 34.9 Å². The summed E-state index contributed by atoms with van der Waals surface area (Å²) in [5, 5.41) is 18.4. The van der Waals surface area contributed by atoms with Gasteiger partial charge < -0.3 is 22.2 Å². The Morgan fingerprint density at radius 1 is 1.39 bits per heavy atom. The molecule has 0 aliphatic heterocycles. The van der Waals surface area contributed by atoms with Gasteiger partial charge in [-0.2, -0.15) is 5.10 Å². The van der Waals surface area contributed by atoms with Crippen molar-refractivity contribution in [2.75, 3.05) is 12.3 Å². The van der Waals surface area contributed by atoms with E-state index in [1.165, 1.54) is 0 Å². The van der Waals surface area contributed by atoms with E-state index < -0.39 is 0 Å². The zero-order valence-corrected chi connectivity index (χ0v) is 15.8. The molecule has 1 aromatic rings. The number of benzene rings is 1. The van der Waals surface area contributed by atoms with Crippen molar-refractivity contribution in [1.29, 1.82) is 5.41 Å². The molecule has 0 heterocycles. The topological polar surface area (TPSA) is 130 Å². The third kappa shape index (κ3) is 6.05. The molecule has 0 spiro atoms. The number of hydrogen-bond acceptors (Lipinski definition) is 5. The standard InChI is InChI=1S/C21H26N6O/c1-3-4-5-15(21(28)26-13-14-6-7-14)8-10-18(22)17-12-16(9-11-19(17)23)20(24)27-25-2/h3-5,8-9,11-12,14,22H,1-2,6-7,10,13,23H2,(H2,24,27)(H,26,28)/b5-4-,15-8+,22-18?. The van der Waals surface area contributed by atoms with Crippen LogP contribution in [0.2, 0.25) is 0 Å². The molecule has 1 aromatic carbocycles. The average molecular weight is 378 g/mol. The number of amides is 1. The van der Waals surface area contributed by atoms with Gasteiger partial charge in [-0.05, 0) is 43.0 Å². The highest BCUT2D eigenvalue weighted by atomic mass is 16.1. The van der Waals surface area contributed by atoms with Gasteiger partial charge >= 0.3 is 0 Å². The number of carbonyl (C=O) groups excluding carboxylic acids is 1. The predicted octanol–water partition coefficient (Wildman–Crippen LogP) is 2.54. The Morgan fingerprint density at radius 2 is 2.14 bits per heavy atom. The number of allylic oxidation sites excluding steroid dienone is 3. The maximum Gasteiger partial charge on any atom is 0.250 e. The number of carbonyl (C=O) groups is 1. The molecule has 0 saturated heterocycles. The zero-order chi connectivity index (χ0) is 20.5. The molecule has 0 aromatic heterocycles. The Morgan fingerprint density at radius 3 is 2.79 bits per heavy atom. The average Bonchev–Trinajstić information content (AvgIpc) is 3.51. The number of amidine groups is 1. The highest BCUT2D eigenvalue weighted by Gasteiger charge is 2.22. The minimum atomic E-state index is -0.159. The first-order chi connectivity index (χ1) is 13.5. The normalized spacial score (nSPS) is 14.7. The van der Waals surface area contributed by atoms with Crippen LogP contribution in [0.5, 0.6) is 0 Å². The van der Waals surface area contributed by atoms with Crippen molar-refractivity contribution in [2.24, 2.45) is 21.9 Å². The van der Waals surface area contributed by atoms with Crippen molar-refractivity contribution in [1.82, 2.24) is 5.32 Å². The van der Waals surface area contributed by atoms with Crippen molar-refractivity contribution in [2.45, 2.75) is 19.3 Å². The number of nitrogens with one attached hydrogen (secondary N) is 2. The minimum absolute atomic E-state index is 0.159. The summed E-state index contributed by atoms with van der Waals surface area (Å²) in [5.74, 6) is 0.619. The maximum atomic E-state index is 12.4. The second-order valence-electron chi connectivity index (χ2n) is 6.52. The highest BCUT2D eigenvalue weighted by molar-refractivity contribution is 6.07. The second kappa shape index (κ2) is 10.0. The van der Waals surface area contributed by atoms with Crippen molar-refractivity contribution in [3.05, 3.63) is 65.8 Å². The van der Waals surface area contributed by atoms with Crippen molar-refractivity contribution >= 4 is 29.9 Å². The zero-order valence-electron chi connectivity index (χ0n) is 15.8. The summed E-state index contributed by atoms with van der Waals surface area (Å²) in [7, 11) is 0. The molecule has 6 N–H and O–H groups in total. The SMILES string of the molecule is C=C/C=C\C(=C/CC(=N)c1cc(/C(N)=N/N=C)ccc1N)C(=O)NCC1CC1. The fraction of sp³-hybridized carbons (Fsp3) is 0.238. The number of nitrogens with zero attached hydrogens (tertiary/aromatic N) is 2. The van der Waals surface area contributed by atoms with Crippen LogP contribution >= 0.6 is 0 Å². The van der Waals surface area contributed by atoms with E-state index in [1.807, 2.05) is 0 Å². The van der Waals surface area contributed by atoms with Crippen LogP contribution in [0, 0.1) is 11.3 Å². The molecule has 1 amide bonds. The fourth-order valence-corrected chi connectivity index (χ4v) is 2.50. The maximum absolute atomic E-state index is 12.4. The van der Waals surface area contributed by atoms with E-state index in [0.717, 1.165) is 12.8 Å². The number of hydrogen-bond donors (Lipinski definition) is 4. The van der Waals surface area contributed by atoms with Gasteiger partial charge in [0.1, 0.15) is 0 Å². The lowest BCUT2D eigenvalue weighted by atomic mass is 10.0. The van der Waals surface area contributed by atoms with E-state index >= 15 is 0 Å². The third-order valence-electron chi connectivity index (χ3n) is 4.30. The Hall–Kier alpha value is -3.48. The number of nitrogen functional groups attached to an aromatic ring is 1. The van der Waals surface area contributed by atoms with Gasteiger partial charge in [-0.1, -0.05) is 24.8 Å². The van der Waals surface area contributed by atoms with Crippen molar-refractivity contribution < 1.29 is 4.79 Å². The van der Waals surface area contributed by atoms with Crippen LogP contribution in [-0.4, -0.2) is 30.7 Å². The molecule has 1 aliphatic rings. The van der Waals surface area contributed by atoms with Crippen LogP contribution in [0.1, 0.15) is 30.4 Å². The molecule has 28 heavy (non-hydrogen) atoms. The van der Waals surface area contributed by atoms with Crippen molar-refractivity contribution in [3.8, 4) is 0 Å². The number of nitrogens with two attached hydrogens (primary N) is 2. The number of rotatable bonds is 10. The van der Waals surface area contributed by atoms with E-state index in [-0.39, 0.29) is 23.9 Å². The number of anilines is 1. The van der Waals surface area contributed by atoms with E-state index in [9.17, 15) is 4.79 Å². The first-order valence-electron chi connectivity index (χ1n) is 9.00. The van der Waals surface area contributed by atoms with Gasteiger partial charge in [-0.25, -0.2) is 0 Å². The summed E-state index contributed by atoms with van der Waals surface area (Å²) in [6, 6.07) is 5.05. The Labute approximate surface area is 165 Å². The highest BCUT2D eigenvalue weighted by Crippen LogP contribution is 2.27. The fourth-order valence-electron chi connectivity index (χ4n) is 2.50. The van der Waals surface area contributed by atoms with Gasteiger partial charge in [0.15, 0.2) is 5.84 Å². The summed E-state index contributed by atoms with van der Waals surface area (Å²) < 4.78 is 0. The summed E-state index contributed by atoms with van der Waals surface area (Å²) in [4.78, 5) is 12.4. The van der Waals surface area contributed by atoms with Crippen LogP contribution in [0.3, 0.4) is 0 Å². The van der Waals surface area contributed by atoms with E-state index in [1.54, 1.807) is 42.5 Å². The smallest absolute Gasteiger partial charge is 0.250 e. The van der Waals surface area contributed by atoms with Gasteiger partial charge in [-0.15, -0.1) is 5.10 Å². The predicted molar refractivity (Wildman–Crippen MR) is 116 cm³/mol. The van der Waals surface area contributed by atoms with Crippen LogP contribution in [0.15, 0.2) is 64.9 Å². The molecule has 0 unspecified atom stereocenters. The van der Waals surface area contributed by atoms with Crippen LogP contribution in [0.4, 0.5) is 5.69 Å². The van der Waals surface area contributed by atoms with Gasteiger partial charge in [0, 0.05) is 47.8 Å². The van der Waals surface area contributed by atoms with E-state index in [4.69, 9.17) is 16.9 Å². The second-order valence-corrected chi connectivity index (χ2v) is 6.52. The van der Waals surface area contributed by atoms with E-state index in [2.05, 4.69) is 28.8 Å². The van der Waals surface area contributed by atoms with Gasteiger partial charge in [0.2, 0.25) is 0 Å². The van der Waals surface area contributed by atoms with Gasteiger partial charge in [0.05, 0.1) is 0 Å². The van der Waals surface area contributed by atoms with Crippen LogP contribution in [-0.2, 0) is 4.79 Å². The summed E-state index contributed by atoms with van der Waals surface area (Å²) in [5.41, 5.74) is 14.2. The first kappa shape index (κ1) is 20.8. The lowest BCUT2D eigenvalue weighted by Crippen LogP contribution is -2.26. The third-order valence-corrected chi connectivity index (χ3v) is 4.30. The molecule has 1 aliphatic carbocycles. The lowest BCUT2D eigenvalue weighted by molar-refractivity contribution is -0.117. The molecule has 1 saturated carbocycles. The van der Waals surface area contributed by atoms with Crippen molar-refractivity contribution in [3.63, 3.8) is 0 Å². The molecule has 0 bridgehead atoms. The van der Waals surface area contributed by atoms with Gasteiger partial charge in [0.25, 0.3) is 5.91 Å². The largest absolute Gasteiger partial charge is 0.398 e. The molecular formula is C21H26N6O. The molecule has 2 rings (SSSR count). The summed E-state index contributed by atoms with van der Waals surface area (Å²) in [6.07, 6.45) is 9.25. The summed E-state index contributed by atoms with van der Waals surface area (Å²) >= 11 is 0. The molecule has 146 valence electrons. The Balaban J connectivity index is 2.17. The monoisotopic (exact) mass is 378 g/mol. The van der Waals surface area contributed by atoms with Gasteiger partial charge in [-0.3, -0.25) is 4.79 Å². The minimum Gasteiger partial charge on any atom is -0.398 e. The Kier molecular flexibility index (Phi) is 7.45. The molecule has 1 fully saturated rings.